The van der Waals surface area contributed by atoms with Gasteiger partial charge in [0, 0.05) is 12.6 Å². The zero-order valence-corrected chi connectivity index (χ0v) is 11.2. The van der Waals surface area contributed by atoms with Gasteiger partial charge in [0.15, 0.2) is 5.03 Å². The van der Waals surface area contributed by atoms with Crippen molar-refractivity contribution in [3.63, 3.8) is 0 Å². The van der Waals surface area contributed by atoms with Gasteiger partial charge in [-0.1, -0.05) is 0 Å². The van der Waals surface area contributed by atoms with Gasteiger partial charge in [-0.15, -0.1) is 0 Å². The molecular formula is C10H17N5O3S. The van der Waals surface area contributed by atoms with E-state index in [1.807, 2.05) is 0 Å². The van der Waals surface area contributed by atoms with Gasteiger partial charge in [-0.25, -0.2) is 13.4 Å². The molecular weight excluding hydrogens is 270 g/mol. The number of nitrogens with one attached hydrogen (secondary N) is 2. The lowest BCUT2D eigenvalue weighted by Crippen LogP contribution is -2.51. The Hall–Kier alpha value is -1.45. The minimum Gasteiger partial charge on any atom is -0.369 e. The molecule has 0 radical (unpaired) electrons. The van der Waals surface area contributed by atoms with Crippen LogP contribution < -0.4 is 11.1 Å². The number of carbonyl (C=O) groups is 1. The third kappa shape index (κ3) is 3.11. The molecule has 8 nitrogen and oxygen atoms in total. The number of aromatic amines is 1. The average molecular weight is 287 g/mol. The quantitative estimate of drug-likeness (QED) is 0.617. The number of piperidine rings is 1. The molecule has 1 aliphatic rings. The van der Waals surface area contributed by atoms with Crippen molar-refractivity contribution in [2.24, 2.45) is 5.73 Å². The van der Waals surface area contributed by atoms with Gasteiger partial charge in [-0.2, -0.15) is 4.31 Å². The van der Waals surface area contributed by atoms with Crippen LogP contribution in [0.5, 0.6) is 0 Å². The number of sulfonamides is 1. The van der Waals surface area contributed by atoms with Gasteiger partial charge < -0.3 is 16.0 Å². The van der Waals surface area contributed by atoms with E-state index in [1.54, 1.807) is 0 Å². The van der Waals surface area contributed by atoms with Gasteiger partial charge in [0.2, 0.25) is 5.91 Å². The minimum absolute atomic E-state index is 0.0284. The Balaban J connectivity index is 2.28. The maximum Gasteiger partial charge on any atom is 0.260 e. The van der Waals surface area contributed by atoms with Crippen molar-refractivity contribution >= 4 is 15.9 Å². The number of carbonyl (C=O) groups excluding carboxylic acids is 1. The van der Waals surface area contributed by atoms with E-state index < -0.39 is 15.9 Å². The number of amides is 1. The molecule has 106 valence electrons. The Morgan fingerprint density at radius 3 is 2.89 bits per heavy atom. The van der Waals surface area contributed by atoms with Crippen molar-refractivity contribution in [1.29, 1.82) is 0 Å². The lowest BCUT2D eigenvalue weighted by Gasteiger charge is -2.32. The van der Waals surface area contributed by atoms with E-state index in [1.165, 1.54) is 12.5 Å². The van der Waals surface area contributed by atoms with Crippen LogP contribution in [-0.4, -0.2) is 54.3 Å². The molecule has 1 amide bonds. The summed E-state index contributed by atoms with van der Waals surface area (Å²) in [4.78, 5) is 17.4. The predicted molar refractivity (Wildman–Crippen MR) is 67.6 cm³/mol. The number of primary amides is 1. The van der Waals surface area contributed by atoms with Crippen LogP contribution in [0.1, 0.15) is 12.8 Å². The first kappa shape index (κ1) is 14.0. The van der Waals surface area contributed by atoms with Crippen LogP contribution >= 0.6 is 0 Å². The maximum absolute atomic E-state index is 12.4. The molecule has 19 heavy (non-hydrogen) atoms. The highest BCUT2D eigenvalue weighted by molar-refractivity contribution is 7.89. The molecule has 0 bridgehead atoms. The van der Waals surface area contributed by atoms with Crippen LogP contribution in [0.3, 0.4) is 0 Å². The SMILES string of the molecule is NC(=O)CN(C1CCCNC1)S(=O)(=O)c1cnc[nH]1. The Morgan fingerprint density at radius 1 is 1.58 bits per heavy atom. The standard InChI is InChI=1S/C10H17N5O3S/c11-9(16)6-15(8-2-1-3-12-4-8)19(17,18)10-5-13-7-14-10/h5,7-8,12H,1-4,6H2,(H2,11,16)(H,13,14). The fraction of sp³-hybridized carbons (Fsp3) is 0.600. The number of rotatable bonds is 5. The van der Waals surface area contributed by atoms with Gasteiger partial charge >= 0.3 is 0 Å². The molecule has 1 unspecified atom stereocenters. The van der Waals surface area contributed by atoms with E-state index in [2.05, 4.69) is 15.3 Å². The molecule has 1 saturated heterocycles. The first-order chi connectivity index (χ1) is 9.01. The van der Waals surface area contributed by atoms with Gasteiger partial charge in [-0.3, -0.25) is 4.79 Å². The van der Waals surface area contributed by atoms with Crippen molar-refractivity contribution in [3.05, 3.63) is 12.5 Å². The van der Waals surface area contributed by atoms with Crippen molar-refractivity contribution in [2.75, 3.05) is 19.6 Å². The lowest BCUT2D eigenvalue weighted by atomic mass is 10.1. The van der Waals surface area contributed by atoms with Crippen molar-refractivity contribution in [1.82, 2.24) is 19.6 Å². The molecule has 0 aliphatic carbocycles. The molecule has 1 fully saturated rings. The fourth-order valence-corrected chi connectivity index (χ4v) is 3.67. The van der Waals surface area contributed by atoms with Crippen LogP contribution in [0.25, 0.3) is 0 Å². The van der Waals surface area contributed by atoms with Gasteiger partial charge in [0.25, 0.3) is 10.0 Å². The molecule has 2 heterocycles. The number of hydrogen-bond donors (Lipinski definition) is 3. The van der Waals surface area contributed by atoms with E-state index in [0.29, 0.717) is 13.0 Å². The Kier molecular flexibility index (Phi) is 4.17. The number of imidazole rings is 1. The topological polar surface area (TPSA) is 121 Å². The third-order valence-corrected chi connectivity index (χ3v) is 4.87. The molecule has 1 aromatic rings. The lowest BCUT2D eigenvalue weighted by molar-refractivity contribution is -0.118. The Labute approximate surface area is 111 Å². The number of hydrogen-bond acceptors (Lipinski definition) is 5. The summed E-state index contributed by atoms with van der Waals surface area (Å²) in [5.74, 6) is -0.673. The van der Waals surface area contributed by atoms with E-state index in [0.717, 1.165) is 17.3 Å². The van der Waals surface area contributed by atoms with E-state index in [-0.39, 0.29) is 17.6 Å². The second kappa shape index (κ2) is 5.68. The molecule has 0 spiro atoms. The highest BCUT2D eigenvalue weighted by Crippen LogP contribution is 2.19. The number of nitrogens with zero attached hydrogens (tertiary/aromatic N) is 2. The molecule has 4 N–H and O–H groups in total. The molecule has 2 rings (SSSR count). The fourth-order valence-electron chi connectivity index (χ4n) is 2.15. The second-order valence-corrected chi connectivity index (χ2v) is 6.29. The minimum atomic E-state index is -3.78. The summed E-state index contributed by atoms with van der Waals surface area (Å²) in [6.07, 6.45) is 4.07. The second-order valence-electron chi connectivity index (χ2n) is 4.43. The monoisotopic (exact) mass is 287 g/mol. The molecule has 0 aromatic carbocycles. The predicted octanol–water partition coefficient (Wildman–Crippen LogP) is -1.36. The van der Waals surface area contributed by atoms with Crippen molar-refractivity contribution in [2.45, 2.75) is 23.9 Å². The van der Waals surface area contributed by atoms with Gasteiger partial charge in [0.05, 0.1) is 19.1 Å². The highest BCUT2D eigenvalue weighted by Gasteiger charge is 2.34. The van der Waals surface area contributed by atoms with E-state index in [9.17, 15) is 13.2 Å². The zero-order chi connectivity index (χ0) is 13.9. The van der Waals surface area contributed by atoms with Crippen LogP contribution in [0.2, 0.25) is 0 Å². The summed E-state index contributed by atoms with van der Waals surface area (Å²) >= 11 is 0. The summed E-state index contributed by atoms with van der Waals surface area (Å²) in [7, 11) is -3.78. The summed E-state index contributed by atoms with van der Waals surface area (Å²) < 4.78 is 26.0. The summed E-state index contributed by atoms with van der Waals surface area (Å²) in [6.45, 7) is 1.04. The number of aromatic nitrogens is 2. The molecule has 0 saturated carbocycles. The van der Waals surface area contributed by atoms with Crippen LogP contribution in [0.4, 0.5) is 0 Å². The van der Waals surface area contributed by atoms with Crippen LogP contribution in [0.15, 0.2) is 17.6 Å². The van der Waals surface area contributed by atoms with E-state index in [4.69, 9.17) is 5.73 Å². The third-order valence-electron chi connectivity index (χ3n) is 3.05. The maximum atomic E-state index is 12.4. The average Bonchev–Trinajstić information content (AvgIpc) is 2.91. The molecule has 9 heteroatoms. The zero-order valence-electron chi connectivity index (χ0n) is 10.4. The van der Waals surface area contributed by atoms with Gasteiger partial charge in [0.1, 0.15) is 0 Å². The molecule has 1 aliphatic heterocycles. The first-order valence-corrected chi connectivity index (χ1v) is 7.45. The summed E-state index contributed by atoms with van der Waals surface area (Å²) in [5.41, 5.74) is 5.16. The molecule has 1 atom stereocenters. The normalized spacial score (nSPS) is 20.6. The van der Waals surface area contributed by atoms with E-state index >= 15 is 0 Å². The largest absolute Gasteiger partial charge is 0.369 e. The summed E-state index contributed by atoms with van der Waals surface area (Å²) in [5, 5.41) is 3.09. The van der Waals surface area contributed by atoms with Crippen molar-refractivity contribution < 1.29 is 13.2 Å². The number of nitrogens with two attached hydrogens (primary N) is 1. The Bertz CT molecular complexity index is 521. The van der Waals surface area contributed by atoms with Crippen LogP contribution in [-0.2, 0) is 14.8 Å². The summed E-state index contributed by atoms with van der Waals surface area (Å²) in [6, 6.07) is -0.269. The highest BCUT2D eigenvalue weighted by atomic mass is 32.2. The van der Waals surface area contributed by atoms with Crippen molar-refractivity contribution in [3.8, 4) is 0 Å². The van der Waals surface area contributed by atoms with Gasteiger partial charge in [-0.05, 0) is 19.4 Å². The smallest absolute Gasteiger partial charge is 0.260 e. The first-order valence-electron chi connectivity index (χ1n) is 6.01. The molecule has 1 aromatic heterocycles. The number of H-pyrrole nitrogens is 1. The Morgan fingerprint density at radius 2 is 2.37 bits per heavy atom. The van der Waals surface area contributed by atoms with Crippen LogP contribution in [0, 0.1) is 0 Å².